The van der Waals surface area contributed by atoms with Gasteiger partial charge < -0.3 is 4.90 Å². The number of benzene rings is 2. The first-order valence-corrected chi connectivity index (χ1v) is 17.7. The van der Waals surface area contributed by atoms with Crippen molar-refractivity contribution in [2.75, 3.05) is 4.90 Å². The predicted octanol–water partition coefficient (Wildman–Crippen LogP) is 10.1. The molecule has 10 heteroatoms. The van der Waals surface area contributed by atoms with Gasteiger partial charge in [-0.1, -0.05) is 50.2 Å². The van der Waals surface area contributed by atoms with Gasteiger partial charge in [-0.2, -0.15) is 19.2 Å². The Morgan fingerprint density at radius 3 is 1.61 bits per heavy atom. The van der Waals surface area contributed by atoms with Crippen LogP contribution in [0.5, 0.6) is 0 Å². The quantitative estimate of drug-likeness (QED) is 0.146. The minimum Gasteiger partial charge on any atom is -0.302 e. The second-order valence-corrected chi connectivity index (χ2v) is 13.1. The van der Waals surface area contributed by atoms with E-state index in [1.807, 2.05) is 12.4 Å². The molecule has 0 aliphatic carbocycles. The van der Waals surface area contributed by atoms with E-state index in [0.717, 1.165) is 52.6 Å². The van der Waals surface area contributed by atoms with Gasteiger partial charge in [-0.15, -0.1) is 22.7 Å². The summed E-state index contributed by atoms with van der Waals surface area (Å²) in [5.41, 5.74) is 9.43. The minimum atomic E-state index is 0.250. The van der Waals surface area contributed by atoms with E-state index in [9.17, 15) is 0 Å². The van der Waals surface area contributed by atoms with Gasteiger partial charge in [0, 0.05) is 38.4 Å². The Balaban J connectivity index is 0.000000787. The highest BCUT2D eigenvalue weighted by Crippen LogP contribution is 2.44. The van der Waals surface area contributed by atoms with E-state index < -0.39 is 0 Å². The van der Waals surface area contributed by atoms with Crippen molar-refractivity contribution in [1.29, 1.82) is 0 Å². The normalized spacial score (nSPS) is 10.1. The number of para-hydroxylation sites is 2. The van der Waals surface area contributed by atoms with Crippen molar-refractivity contribution in [3.05, 3.63) is 145 Å². The maximum atomic E-state index is 8.12. The van der Waals surface area contributed by atoms with E-state index >= 15 is 0 Å². The number of thiophene rings is 2. The molecule has 0 fully saturated rings. The monoisotopic (exact) mass is 708 g/mol. The van der Waals surface area contributed by atoms with Crippen LogP contribution in [0.3, 0.4) is 0 Å². The fourth-order valence-corrected chi connectivity index (χ4v) is 7.52. The molecule has 0 bridgehead atoms. The molecular formula is C41H32N4O4S2. The Morgan fingerprint density at radius 1 is 0.529 bits per heavy atom. The van der Waals surface area contributed by atoms with E-state index in [4.69, 9.17) is 29.1 Å². The highest BCUT2D eigenvalue weighted by molar-refractivity contribution is 7.25. The van der Waals surface area contributed by atoms with Crippen molar-refractivity contribution < 1.29 is 19.2 Å². The van der Waals surface area contributed by atoms with E-state index in [2.05, 4.69) is 145 Å². The molecule has 0 radical (unpaired) electrons. The van der Waals surface area contributed by atoms with Crippen LogP contribution in [0.15, 0.2) is 134 Å². The number of aryl methyl sites for hydroxylation is 2. The summed E-state index contributed by atoms with van der Waals surface area (Å²) in [5, 5.41) is 1.18. The number of carbonyl (C=O) groups excluding carboxylic acids is 4. The zero-order valence-corrected chi connectivity index (χ0v) is 29.5. The molecule has 7 rings (SSSR count). The summed E-state index contributed by atoms with van der Waals surface area (Å²) >= 11 is 3.61. The summed E-state index contributed by atoms with van der Waals surface area (Å²) in [6.45, 7) is 4.33. The van der Waals surface area contributed by atoms with Gasteiger partial charge in [0.2, 0.25) is 0 Å². The lowest BCUT2D eigenvalue weighted by molar-refractivity contribution is -0.193. The van der Waals surface area contributed by atoms with Gasteiger partial charge in [-0.25, -0.2) is 4.98 Å². The molecule has 0 aliphatic rings. The Bertz CT molecular complexity index is 2210. The third-order valence-corrected chi connectivity index (χ3v) is 10.2. The molecule has 0 unspecified atom stereocenters. The molecule has 252 valence electrons. The van der Waals surface area contributed by atoms with E-state index in [1.165, 1.54) is 30.8 Å². The van der Waals surface area contributed by atoms with Gasteiger partial charge in [-0.3, -0.25) is 9.97 Å². The molecule has 8 nitrogen and oxygen atoms in total. The van der Waals surface area contributed by atoms with Gasteiger partial charge in [0.05, 0.1) is 22.8 Å². The lowest BCUT2D eigenvalue weighted by Crippen LogP contribution is -2.07. The lowest BCUT2D eigenvalue weighted by atomic mass is 10.1. The van der Waals surface area contributed by atoms with Crippen molar-refractivity contribution >= 4 is 51.4 Å². The number of hydrogen-bond donors (Lipinski definition) is 0. The summed E-state index contributed by atoms with van der Waals surface area (Å²) < 4.78 is 0. The molecule has 0 saturated carbocycles. The molecule has 0 atom stereocenters. The van der Waals surface area contributed by atoms with Crippen LogP contribution in [0.4, 0.5) is 16.4 Å². The Kier molecular flexibility index (Phi) is 12.8. The van der Waals surface area contributed by atoms with E-state index in [0.29, 0.717) is 0 Å². The standard InChI is InChI=1S/C39H32N4S2.2CO2/c1-3-27-19-21-40-32(23-27)34-24-28(4-2)25-35(42-34)33-26-29(20-22-41-33)36-15-16-37(44-36)38-17-18-39(45-38)43(30-11-7-5-8-12-30)31-13-9-6-10-14-31;2*2-1-3/h5-26H,3-4H2,1-2H3;;. The molecule has 5 aromatic heterocycles. The second kappa shape index (κ2) is 18.0. The Morgan fingerprint density at radius 2 is 1.02 bits per heavy atom. The highest BCUT2D eigenvalue weighted by Gasteiger charge is 2.16. The van der Waals surface area contributed by atoms with Crippen LogP contribution in [-0.2, 0) is 32.0 Å². The largest absolute Gasteiger partial charge is 0.373 e. The van der Waals surface area contributed by atoms with Crippen LogP contribution in [0, 0.1) is 0 Å². The smallest absolute Gasteiger partial charge is 0.302 e. The zero-order valence-electron chi connectivity index (χ0n) is 27.9. The van der Waals surface area contributed by atoms with Crippen LogP contribution in [0.25, 0.3) is 43.0 Å². The van der Waals surface area contributed by atoms with Crippen LogP contribution < -0.4 is 4.90 Å². The molecule has 2 aromatic carbocycles. The van der Waals surface area contributed by atoms with Crippen LogP contribution >= 0.6 is 22.7 Å². The predicted molar refractivity (Wildman–Crippen MR) is 201 cm³/mol. The van der Waals surface area contributed by atoms with E-state index in [1.54, 1.807) is 22.7 Å². The van der Waals surface area contributed by atoms with Gasteiger partial charge in [0.15, 0.2) is 0 Å². The molecule has 7 aromatic rings. The van der Waals surface area contributed by atoms with Gasteiger partial charge in [0.1, 0.15) is 5.00 Å². The number of anilines is 3. The number of nitrogens with zero attached hydrogens (tertiary/aromatic N) is 4. The molecule has 0 amide bonds. The first-order chi connectivity index (χ1) is 25.0. The first-order valence-electron chi connectivity index (χ1n) is 16.0. The molecule has 51 heavy (non-hydrogen) atoms. The third-order valence-electron chi connectivity index (χ3n) is 7.79. The van der Waals surface area contributed by atoms with Crippen LogP contribution in [0.1, 0.15) is 25.0 Å². The van der Waals surface area contributed by atoms with Crippen molar-refractivity contribution in [2.24, 2.45) is 0 Å². The molecule has 5 heterocycles. The first kappa shape index (κ1) is 36.1. The minimum absolute atomic E-state index is 0.250. The summed E-state index contributed by atoms with van der Waals surface area (Å²) in [4.78, 5) is 52.9. The second-order valence-electron chi connectivity index (χ2n) is 10.9. The molecule has 0 aliphatic heterocycles. The topological polar surface area (TPSA) is 110 Å². The number of rotatable bonds is 9. The average Bonchev–Trinajstić information content (AvgIpc) is 3.88. The van der Waals surface area contributed by atoms with Gasteiger partial charge in [0.25, 0.3) is 0 Å². The van der Waals surface area contributed by atoms with Crippen molar-refractivity contribution in [3.8, 4) is 43.0 Å². The fourth-order valence-electron chi connectivity index (χ4n) is 5.38. The number of hydrogen-bond acceptors (Lipinski definition) is 10. The maximum absolute atomic E-state index is 8.12. The molecule has 0 saturated heterocycles. The van der Waals surface area contributed by atoms with E-state index in [-0.39, 0.29) is 12.3 Å². The summed E-state index contributed by atoms with van der Waals surface area (Å²) in [6, 6.07) is 42.7. The van der Waals surface area contributed by atoms with Gasteiger partial charge >= 0.3 is 12.3 Å². The average molecular weight is 709 g/mol. The lowest BCUT2D eigenvalue weighted by Gasteiger charge is -2.23. The Hall–Kier alpha value is -6.15. The van der Waals surface area contributed by atoms with Crippen LogP contribution in [0.2, 0.25) is 0 Å². The summed E-state index contributed by atoms with van der Waals surface area (Å²) in [5.74, 6) is 0. The molecule has 0 spiro atoms. The third kappa shape index (κ3) is 9.10. The molecular weight excluding hydrogens is 677 g/mol. The fraction of sp³-hybridized carbons (Fsp3) is 0.0976. The van der Waals surface area contributed by atoms with Crippen molar-refractivity contribution in [1.82, 2.24) is 15.0 Å². The number of aromatic nitrogens is 3. The summed E-state index contributed by atoms with van der Waals surface area (Å²) in [7, 11) is 0. The molecule has 0 N–H and O–H groups in total. The Labute approximate surface area is 303 Å². The van der Waals surface area contributed by atoms with Gasteiger partial charge in [-0.05, 0) is 114 Å². The van der Waals surface area contributed by atoms with Crippen molar-refractivity contribution in [3.63, 3.8) is 0 Å². The SMILES string of the molecule is CCc1ccnc(-c2cc(CC)cc(-c3cc(-c4ccc(-c5ccc(N(c6ccccc6)c6ccccc6)s5)s4)ccn3)n2)c1.O=C=O.O=C=O. The van der Waals surface area contributed by atoms with Crippen LogP contribution in [-0.4, -0.2) is 27.3 Å². The maximum Gasteiger partial charge on any atom is 0.373 e. The van der Waals surface area contributed by atoms with Crippen molar-refractivity contribution in [2.45, 2.75) is 26.7 Å². The number of pyridine rings is 3. The highest BCUT2D eigenvalue weighted by atomic mass is 32.1. The summed E-state index contributed by atoms with van der Waals surface area (Å²) in [6.07, 6.45) is 6.14. The zero-order chi connectivity index (χ0) is 36.0.